The van der Waals surface area contributed by atoms with E-state index in [-0.39, 0.29) is 6.54 Å². The molecule has 1 N–H and O–H groups in total. The molecule has 0 bridgehead atoms. The van der Waals surface area contributed by atoms with Crippen molar-refractivity contribution in [3.05, 3.63) is 70.1 Å². The molecule has 0 aromatic heterocycles. The van der Waals surface area contributed by atoms with Crippen molar-refractivity contribution in [3.8, 4) is 0 Å². The molecule has 0 atom stereocenters. The summed E-state index contributed by atoms with van der Waals surface area (Å²) in [4.78, 5) is 12.2. The zero-order chi connectivity index (χ0) is 19.2. The lowest BCUT2D eigenvalue weighted by molar-refractivity contribution is -0.116. The number of hydrogen-bond acceptors (Lipinski definition) is 3. The van der Waals surface area contributed by atoms with E-state index in [1.165, 1.54) is 13.1 Å². The minimum Gasteiger partial charge on any atom is -0.325 e. The summed E-state index contributed by atoms with van der Waals surface area (Å²) in [5.74, 6) is -0.392. The van der Waals surface area contributed by atoms with E-state index in [9.17, 15) is 13.2 Å². The van der Waals surface area contributed by atoms with Crippen molar-refractivity contribution < 1.29 is 13.2 Å². The van der Waals surface area contributed by atoms with Gasteiger partial charge >= 0.3 is 0 Å². The number of carbonyl (C=O) groups excluding carboxylic acids is 1. The number of nitrogens with zero attached hydrogens (tertiary/aromatic N) is 1. The number of sulfonamides is 1. The van der Waals surface area contributed by atoms with Gasteiger partial charge in [-0.25, -0.2) is 8.42 Å². The fraction of sp³-hybridized carbons (Fsp3) is 0.211. The Morgan fingerprint density at radius 3 is 2.46 bits per heavy atom. The predicted octanol–water partition coefficient (Wildman–Crippen LogP) is 3.77. The molecule has 7 heteroatoms. The van der Waals surface area contributed by atoms with E-state index >= 15 is 0 Å². The summed E-state index contributed by atoms with van der Waals surface area (Å²) in [5.41, 5.74) is 2.39. The van der Waals surface area contributed by atoms with Gasteiger partial charge in [-0.15, -0.1) is 0 Å². The molecule has 0 saturated heterocycles. The Balaban J connectivity index is 2.01. The molecule has 0 unspecified atom stereocenters. The highest BCUT2D eigenvalue weighted by atomic mass is 35.5. The SMILES string of the molecule is CCc1ccccc1NC(=O)CN(C)S(=O)(=O)/C=C/c1ccc(Cl)cc1. The molecule has 0 radical (unpaired) electrons. The first-order valence-corrected chi connectivity index (χ1v) is 9.97. The number of halogens is 1. The maximum absolute atomic E-state index is 12.3. The van der Waals surface area contributed by atoms with E-state index in [4.69, 9.17) is 11.6 Å². The molecule has 0 aliphatic carbocycles. The van der Waals surface area contributed by atoms with E-state index in [0.717, 1.165) is 21.7 Å². The Bertz CT molecular complexity index is 893. The van der Waals surface area contributed by atoms with Crippen molar-refractivity contribution in [2.45, 2.75) is 13.3 Å². The standard InChI is InChI=1S/C19H21ClN2O3S/c1-3-16-6-4-5-7-18(16)21-19(23)14-22(2)26(24,25)13-12-15-8-10-17(20)11-9-15/h4-13H,3,14H2,1-2H3,(H,21,23)/b13-12+. The van der Waals surface area contributed by atoms with Crippen LogP contribution >= 0.6 is 11.6 Å². The quantitative estimate of drug-likeness (QED) is 0.779. The molecular weight excluding hydrogens is 372 g/mol. The Hall–Kier alpha value is -2.15. The van der Waals surface area contributed by atoms with Gasteiger partial charge in [0, 0.05) is 23.2 Å². The Kier molecular flexibility index (Phi) is 6.97. The highest BCUT2D eigenvalue weighted by Gasteiger charge is 2.18. The number of hydrogen-bond donors (Lipinski definition) is 1. The van der Waals surface area contributed by atoms with Crippen molar-refractivity contribution in [3.63, 3.8) is 0 Å². The zero-order valence-corrected chi connectivity index (χ0v) is 16.2. The second-order valence-corrected chi connectivity index (χ2v) is 8.08. The van der Waals surface area contributed by atoms with Gasteiger partial charge in [0.2, 0.25) is 15.9 Å². The van der Waals surface area contributed by atoms with Crippen LogP contribution in [-0.2, 0) is 21.2 Å². The van der Waals surface area contributed by atoms with Gasteiger partial charge in [-0.3, -0.25) is 4.79 Å². The van der Waals surface area contributed by atoms with Gasteiger partial charge < -0.3 is 5.32 Å². The number of amides is 1. The summed E-state index contributed by atoms with van der Waals surface area (Å²) in [6.45, 7) is 1.72. The number of likely N-dealkylation sites (N-methyl/N-ethyl adjacent to an activating group) is 1. The highest BCUT2D eigenvalue weighted by molar-refractivity contribution is 7.92. The van der Waals surface area contributed by atoms with Crippen LogP contribution in [0.15, 0.2) is 53.9 Å². The fourth-order valence-electron chi connectivity index (χ4n) is 2.27. The largest absolute Gasteiger partial charge is 0.325 e. The second kappa shape index (κ2) is 8.98. The van der Waals surface area contributed by atoms with E-state index in [2.05, 4.69) is 5.32 Å². The van der Waals surface area contributed by atoms with Gasteiger partial charge in [0.05, 0.1) is 6.54 Å². The van der Waals surface area contributed by atoms with Crippen LogP contribution in [0.25, 0.3) is 6.08 Å². The monoisotopic (exact) mass is 392 g/mol. The van der Waals surface area contributed by atoms with Crippen LogP contribution in [0, 0.1) is 0 Å². The molecular formula is C19H21ClN2O3S. The maximum Gasteiger partial charge on any atom is 0.239 e. The molecule has 138 valence electrons. The lowest BCUT2D eigenvalue weighted by Gasteiger charge is -2.15. The lowest BCUT2D eigenvalue weighted by atomic mass is 10.1. The third-order valence-corrected chi connectivity index (χ3v) is 5.51. The maximum atomic E-state index is 12.3. The Labute approximate surface area is 159 Å². The molecule has 0 heterocycles. The smallest absolute Gasteiger partial charge is 0.239 e. The number of anilines is 1. The van der Waals surface area contributed by atoms with Gasteiger partial charge in [-0.1, -0.05) is 48.9 Å². The van der Waals surface area contributed by atoms with E-state index in [1.807, 2.05) is 25.1 Å². The van der Waals surface area contributed by atoms with Crippen LogP contribution in [0.5, 0.6) is 0 Å². The van der Waals surface area contributed by atoms with Crippen LogP contribution in [0.3, 0.4) is 0 Å². The van der Waals surface area contributed by atoms with Crippen molar-refractivity contribution in [2.75, 3.05) is 18.9 Å². The summed E-state index contributed by atoms with van der Waals surface area (Å²) in [6.07, 6.45) is 2.24. The molecule has 0 spiro atoms. The predicted molar refractivity (Wildman–Crippen MR) is 106 cm³/mol. The van der Waals surface area contributed by atoms with Gasteiger partial charge in [-0.2, -0.15) is 4.31 Å². The number of nitrogens with one attached hydrogen (secondary N) is 1. The zero-order valence-electron chi connectivity index (χ0n) is 14.6. The van der Waals surface area contributed by atoms with E-state index < -0.39 is 15.9 Å². The van der Waals surface area contributed by atoms with Crippen LogP contribution < -0.4 is 5.32 Å². The Morgan fingerprint density at radius 1 is 1.15 bits per heavy atom. The minimum atomic E-state index is -3.71. The third-order valence-electron chi connectivity index (χ3n) is 3.78. The summed E-state index contributed by atoms with van der Waals surface area (Å²) in [5, 5.41) is 4.41. The number of carbonyl (C=O) groups is 1. The molecule has 0 aliphatic heterocycles. The van der Waals surface area contributed by atoms with Crippen molar-refractivity contribution in [2.24, 2.45) is 0 Å². The second-order valence-electron chi connectivity index (χ2n) is 5.71. The average Bonchev–Trinajstić information content (AvgIpc) is 2.61. The first-order valence-electron chi connectivity index (χ1n) is 8.09. The molecule has 2 rings (SSSR count). The highest BCUT2D eigenvalue weighted by Crippen LogP contribution is 2.16. The summed E-state index contributed by atoms with van der Waals surface area (Å²) < 4.78 is 25.6. The molecule has 26 heavy (non-hydrogen) atoms. The van der Waals surface area contributed by atoms with Gasteiger partial charge in [0.1, 0.15) is 0 Å². The third kappa shape index (κ3) is 5.69. The average molecular weight is 393 g/mol. The number of para-hydroxylation sites is 1. The minimum absolute atomic E-state index is 0.272. The molecule has 0 fully saturated rings. The van der Waals surface area contributed by atoms with Gasteiger partial charge in [0.15, 0.2) is 0 Å². The number of aryl methyl sites for hydroxylation is 1. The summed E-state index contributed by atoms with van der Waals surface area (Å²) in [6, 6.07) is 14.2. The molecule has 0 aliphatic rings. The van der Waals surface area contributed by atoms with Crippen molar-refractivity contribution >= 4 is 39.3 Å². The molecule has 2 aromatic carbocycles. The number of benzene rings is 2. The molecule has 2 aromatic rings. The summed E-state index contributed by atoms with van der Waals surface area (Å²) in [7, 11) is -2.34. The number of rotatable bonds is 7. The topological polar surface area (TPSA) is 66.5 Å². The van der Waals surface area contributed by atoms with Crippen LogP contribution in [-0.4, -0.2) is 32.2 Å². The molecule has 5 nitrogen and oxygen atoms in total. The van der Waals surface area contributed by atoms with Crippen molar-refractivity contribution in [1.82, 2.24) is 4.31 Å². The molecule has 1 amide bonds. The molecule has 0 saturated carbocycles. The van der Waals surface area contributed by atoms with Crippen molar-refractivity contribution in [1.29, 1.82) is 0 Å². The lowest BCUT2D eigenvalue weighted by Crippen LogP contribution is -2.33. The fourth-order valence-corrected chi connectivity index (χ4v) is 3.23. The van der Waals surface area contributed by atoms with Gasteiger partial charge in [-0.05, 0) is 41.8 Å². The van der Waals surface area contributed by atoms with Crippen LogP contribution in [0.2, 0.25) is 5.02 Å². The first kappa shape index (κ1) is 20.2. The van der Waals surface area contributed by atoms with E-state index in [1.54, 1.807) is 30.3 Å². The van der Waals surface area contributed by atoms with E-state index in [0.29, 0.717) is 16.3 Å². The Morgan fingerprint density at radius 2 is 1.81 bits per heavy atom. The first-order chi connectivity index (χ1) is 12.3. The van der Waals surface area contributed by atoms with Crippen LogP contribution in [0.4, 0.5) is 5.69 Å². The normalized spacial score (nSPS) is 11.8. The van der Waals surface area contributed by atoms with Crippen LogP contribution in [0.1, 0.15) is 18.1 Å². The van der Waals surface area contributed by atoms with Gasteiger partial charge in [0.25, 0.3) is 0 Å². The summed E-state index contributed by atoms with van der Waals surface area (Å²) >= 11 is 5.80.